The van der Waals surface area contributed by atoms with E-state index in [4.69, 9.17) is 0 Å². The molecule has 3 aromatic heterocycles. The van der Waals surface area contributed by atoms with E-state index < -0.39 is 12.6 Å². The first-order valence-electron chi connectivity index (χ1n) is 11.1. The van der Waals surface area contributed by atoms with Crippen LogP contribution in [-0.4, -0.2) is 60.8 Å². The van der Waals surface area contributed by atoms with Crippen LogP contribution in [0.2, 0.25) is 0 Å². The van der Waals surface area contributed by atoms with E-state index in [9.17, 15) is 18.0 Å². The number of halogens is 3. The molecule has 3 aromatic rings. The van der Waals surface area contributed by atoms with Gasteiger partial charge in [0.25, 0.3) is 0 Å². The third-order valence-corrected chi connectivity index (χ3v) is 6.29. The van der Waals surface area contributed by atoms with Crippen LogP contribution in [0.4, 0.5) is 19.0 Å². The Labute approximate surface area is 206 Å². The molecular formula is C23H28F3N7OS. The Balaban J connectivity index is 0.000000198. The van der Waals surface area contributed by atoms with Gasteiger partial charge in [0.2, 0.25) is 0 Å². The minimum atomic E-state index is -4.10. The highest BCUT2D eigenvalue weighted by molar-refractivity contribution is 7.96. The number of anilines is 1. The van der Waals surface area contributed by atoms with Gasteiger partial charge in [-0.05, 0) is 49.6 Å². The van der Waals surface area contributed by atoms with Crippen LogP contribution in [-0.2, 0) is 13.0 Å². The van der Waals surface area contributed by atoms with Crippen LogP contribution in [0.1, 0.15) is 47.9 Å². The lowest BCUT2D eigenvalue weighted by molar-refractivity contribution is -0.129. The van der Waals surface area contributed by atoms with E-state index >= 15 is 0 Å². The van der Waals surface area contributed by atoms with Crippen LogP contribution in [0.3, 0.4) is 0 Å². The molecule has 4 heterocycles. The van der Waals surface area contributed by atoms with Crippen molar-refractivity contribution < 1.29 is 18.0 Å². The Kier molecular flexibility index (Phi) is 9.21. The zero-order valence-electron chi connectivity index (χ0n) is 19.8. The molecule has 0 radical (unpaired) electrons. The number of hydrogen-bond acceptors (Lipinski definition) is 8. The van der Waals surface area contributed by atoms with E-state index in [0.29, 0.717) is 31.1 Å². The first-order valence-corrected chi connectivity index (χ1v) is 12.1. The molecule has 0 bridgehead atoms. The zero-order valence-corrected chi connectivity index (χ0v) is 20.6. The van der Waals surface area contributed by atoms with Crippen molar-refractivity contribution in [2.75, 3.05) is 24.7 Å². The maximum Gasteiger partial charge on any atom is 0.389 e. The SMILES string of the molecule is CNc1cccc(-c2nncn2C(C)C)n1.O=Cc1cc2c(cn1)CCN(SCCC(F)(F)F)C2. The summed E-state index contributed by atoms with van der Waals surface area (Å²) in [6.45, 7) is 5.45. The van der Waals surface area contributed by atoms with Crippen molar-refractivity contribution in [1.29, 1.82) is 0 Å². The average molecular weight is 508 g/mol. The molecule has 0 atom stereocenters. The molecule has 12 heteroatoms. The molecule has 0 aromatic carbocycles. The monoisotopic (exact) mass is 507 g/mol. The van der Waals surface area contributed by atoms with E-state index in [-0.39, 0.29) is 5.75 Å². The lowest BCUT2D eigenvalue weighted by Crippen LogP contribution is -2.26. The number of hydrogen-bond donors (Lipinski definition) is 1. The van der Waals surface area contributed by atoms with Gasteiger partial charge in [-0.25, -0.2) is 9.29 Å². The molecule has 0 fully saturated rings. The summed E-state index contributed by atoms with van der Waals surface area (Å²) >= 11 is 1.21. The van der Waals surface area contributed by atoms with Crippen LogP contribution >= 0.6 is 11.9 Å². The largest absolute Gasteiger partial charge is 0.389 e. The maximum atomic E-state index is 12.1. The summed E-state index contributed by atoms with van der Waals surface area (Å²) in [6, 6.07) is 7.83. The summed E-state index contributed by atoms with van der Waals surface area (Å²) < 4.78 is 40.1. The predicted molar refractivity (Wildman–Crippen MR) is 130 cm³/mol. The van der Waals surface area contributed by atoms with Gasteiger partial charge in [-0.2, -0.15) is 13.2 Å². The zero-order chi connectivity index (χ0) is 25.4. The fourth-order valence-electron chi connectivity index (χ4n) is 3.40. The first kappa shape index (κ1) is 26.6. The number of nitrogens with zero attached hydrogens (tertiary/aromatic N) is 6. The Morgan fingerprint density at radius 1 is 1.26 bits per heavy atom. The molecule has 0 saturated carbocycles. The summed E-state index contributed by atoms with van der Waals surface area (Å²) in [5, 5.41) is 11.0. The summed E-state index contributed by atoms with van der Waals surface area (Å²) in [6.07, 6.45) is -0.0483. The number of rotatable bonds is 7. The average Bonchev–Trinajstić information content (AvgIpc) is 3.34. The Bertz CT molecular complexity index is 1120. The minimum Gasteiger partial charge on any atom is -0.373 e. The van der Waals surface area contributed by atoms with Crippen molar-refractivity contribution in [1.82, 2.24) is 29.0 Å². The summed E-state index contributed by atoms with van der Waals surface area (Å²) in [5.74, 6) is 1.66. The molecule has 0 unspecified atom stereocenters. The highest BCUT2D eigenvalue weighted by atomic mass is 32.2. The van der Waals surface area contributed by atoms with Crippen LogP contribution in [0.25, 0.3) is 11.5 Å². The number of carbonyl (C=O) groups is 1. The van der Waals surface area contributed by atoms with Gasteiger partial charge in [-0.1, -0.05) is 18.0 Å². The topological polar surface area (TPSA) is 88.8 Å². The number of aldehydes is 1. The Morgan fingerprint density at radius 2 is 2.06 bits per heavy atom. The van der Waals surface area contributed by atoms with Crippen molar-refractivity contribution in [3.05, 3.63) is 53.6 Å². The molecule has 0 aliphatic carbocycles. The van der Waals surface area contributed by atoms with E-state index in [1.807, 2.05) is 34.1 Å². The van der Waals surface area contributed by atoms with Gasteiger partial charge in [0.1, 0.15) is 23.5 Å². The predicted octanol–water partition coefficient (Wildman–Crippen LogP) is 4.82. The lowest BCUT2D eigenvalue weighted by atomic mass is 10.0. The number of alkyl halides is 3. The van der Waals surface area contributed by atoms with Gasteiger partial charge in [0, 0.05) is 38.1 Å². The molecular weight excluding hydrogens is 479 g/mol. The molecule has 35 heavy (non-hydrogen) atoms. The first-order chi connectivity index (χ1) is 16.7. The Hall–Kier alpha value is -2.99. The quantitative estimate of drug-likeness (QED) is 0.360. The van der Waals surface area contributed by atoms with E-state index in [1.165, 1.54) is 11.9 Å². The molecule has 0 saturated heterocycles. The van der Waals surface area contributed by atoms with Crippen LogP contribution < -0.4 is 5.32 Å². The number of pyridine rings is 2. The van der Waals surface area contributed by atoms with Crippen LogP contribution in [0, 0.1) is 0 Å². The lowest BCUT2D eigenvalue weighted by Gasteiger charge is -2.27. The second-order valence-electron chi connectivity index (χ2n) is 8.12. The number of fused-ring (bicyclic) bond motifs is 1. The summed E-state index contributed by atoms with van der Waals surface area (Å²) in [5.41, 5.74) is 3.24. The van der Waals surface area contributed by atoms with Crippen molar-refractivity contribution in [3.8, 4) is 11.5 Å². The standard InChI is InChI=1S/C12H13F3N2OS.C11H15N5/c13-12(14,15)2-4-19-17-3-1-9-6-16-11(8-18)5-10(9)7-17;1-8(2)16-7-13-15-11(16)9-5-4-6-10(12-3)14-9/h5-6,8H,1-4,7H2;4-8H,1-3H3,(H,12,14). The number of aromatic nitrogens is 5. The molecule has 4 rings (SSSR count). The van der Waals surface area contributed by atoms with Crippen LogP contribution in [0.5, 0.6) is 0 Å². The van der Waals surface area contributed by atoms with Gasteiger partial charge < -0.3 is 9.88 Å². The third kappa shape index (κ3) is 7.76. The van der Waals surface area contributed by atoms with Gasteiger partial charge in [0.15, 0.2) is 12.1 Å². The minimum absolute atomic E-state index is 0.0322. The van der Waals surface area contributed by atoms with Crippen molar-refractivity contribution >= 4 is 24.1 Å². The molecule has 188 valence electrons. The van der Waals surface area contributed by atoms with Gasteiger partial charge >= 0.3 is 6.18 Å². The Morgan fingerprint density at radius 3 is 2.74 bits per heavy atom. The second kappa shape index (κ2) is 12.1. The summed E-state index contributed by atoms with van der Waals surface area (Å²) in [7, 11) is 1.85. The van der Waals surface area contributed by atoms with Crippen LogP contribution in [0.15, 0.2) is 36.8 Å². The fourth-order valence-corrected chi connectivity index (χ4v) is 4.43. The van der Waals surface area contributed by atoms with Crippen molar-refractivity contribution in [2.45, 2.75) is 45.5 Å². The second-order valence-corrected chi connectivity index (χ2v) is 9.30. The maximum absolute atomic E-state index is 12.1. The molecule has 8 nitrogen and oxygen atoms in total. The number of carbonyl (C=O) groups excluding carboxylic acids is 1. The van der Waals surface area contributed by atoms with Gasteiger partial charge in [0.05, 0.1) is 6.42 Å². The molecule has 1 aliphatic heterocycles. The summed E-state index contributed by atoms with van der Waals surface area (Å²) in [4.78, 5) is 19.1. The smallest absolute Gasteiger partial charge is 0.373 e. The molecule has 1 aliphatic rings. The van der Waals surface area contributed by atoms with Crippen molar-refractivity contribution in [3.63, 3.8) is 0 Å². The van der Waals surface area contributed by atoms with Crippen molar-refractivity contribution in [2.24, 2.45) is 0 Å². The molecule has 1 N–H and O–H groups in total. The van der Waals surface area contributed by atoms with Gasteiger partial charge in [-0.3, -0.25) is 9.78 Å². The van der Waals surface area contributed by atoms with E-state index in [2.05, 4.69) is 39.3 Å². The normalized spacial score (nSPS) is 13.7. The highest BCUT2D eigenvalue weighted by Gasteiger charge is 2.27. The highest BCUT2D eigenvalue weighted by Crippen LogP contribution is 2.27. The molecule has 0 amide bonds. The fraction of sp³-hybridized carbons (Fsp3) is 0.435. The van der Waals surface area contributed by atoms with E-state index in [1.54, 1.807) is 18.6 Å². The van der Waals surface area contributed by atoms with Gasteiger partial charge in [-0.15, -0.1) is 10.2 Å². The third-order valence-electron chi connectivity index (χ3n) is 5.23. The number of nitrogens with one attached hydrogen (secondary N) is 1. The molecule has 0 spiro atoms. The van der Waals surface area contributed by atoms with E-state index in [0.717, 1.165) is 34.9 Å².